The summed E-state index contributed by atoms with van der Waals surface area (Å²) in [6, 6.07) is 0. The number of hydrogen-bond donors (Lipinski definition) is 0. The Morgan fingerprint density at radius 1 is 1.42 bits per heavy atom. The van der Waals surface area contributed by atoms with E-state index in [1.165, 1.54) is 19.3 Å². The Bertz CT molecular complexity index is 139. The van der Waals surface area contributed by atoms with Crippen LogP contribution in [0.4, 0.5) is 0 Å². The Morgan fingerprint density at radius 3 is 2.58 bits per heavy atom. The topological polar surface area (TPSA) is 35.5 Å². The van der Waals surface area contributed by atoms with Gasteiger partial charge in [-0.25, -0.2) is 4.79 Å². The summed E-state index contributed by atoms with van der Waals surface area (Å²) in [5.41, 5.74) is -0.0170. The van der Waals surface area contributed by atoms with Gasteiger partial charge in [-0.05, 0) is 19.3 Å². The van der Waals surface area contributed by atoms with Crippen LogP contribution in [0.1, 0.15) is 39.0 Å². The van der Waals surface area contributed by atoms with Gasteiger partial charge in [0.2, 0.25) is 0 Å². The van der Waals surface area contributed by atoms with E-state index in [-0.39, 0.29) is 12.4 Å². The molecule has 0 atom stereocenters. The van der Waals surface area contributed by atoms with Gasteiger partial charge in [0.05, 0.1) is 5.60 Å². The standard InChI is InChI=1S/C9H15O3/c1-2-9(5-3-4-6-9)12-8-11-7-10/h2-6,8H2,1H3. The Kier molecular flexibility index (Phi) is 3.53. The molecule has 1 aliphatic carbocycles. The van der Waals surface area contributed by atoms with Gasteiger partial charge in [0.25, 0.3) is 0 Å². The monoisotopic (exact) mass is 171 g/mol. The average molecular weight is 171 g/mol. The van der Waals surface area contributed by atoms with Crippen LogP contribution in [-0.4, -0.2) is 18.9 Å². The predicted octanol–water partition coefficient (Wildman–Crippen LogP) is 1.77. The summed E-state index contributed by atoms with van der Waals surface area (Å²) in [4.78, 5) is 9.74. The fraction of sp³-hybridized carbons (Fsp3) is 0.889. The van der Waals surface area contributed by atoms with Crippen LogP contribution < -0.4 is 0 Å². The van der Waals surface area contributed by atoms with Gasteiger partial charge in [-0.3, -0.25) is 0 Å². The number of rotatable bonds is 5. The SMILES string of the molecule is CCC1(OCO[C]=O)CCCC1. The molecule has 0 aromatic heterocycles. The molecule has 0 aliphatic heterocycles. The minimum Gasteiger partial charge on any atom is -0.430 e. The molecule has 69 valence electrons. The smallest absolute Gasteiger partial charge is 0.419 e. The van der Waals surface area contributed by atoms with Crippen LogP contribution in [0.2, 0.25) is 0 Å². The highest BCUT2D eigenvalue weighted by Gasteiger charge is 2.32. The minimum atomic E-state index is -0.0170. The zero-order valence-corrected chi connectivity index (χ0v) is 7.47. The summed E-state index contributed by atoms with van der Waals surface area (Å²) in [7, 11) is 0. The molecule has 3 nitrogen and oxygen atoms in total. The summed E-state index contributed by atoms with van der Waals surface area (Å²) in [5.74, 6) is 0. The third-order valence-electron chi connectivity index (χ3n) is 2.64. The first-order valence-electron chi connectivity index (χ1n) is 4.46. The van der Waals surface area contributed by atoms with Gasteiger partial charge in [-0.2, -0.15) is 0 Å². The molecule has 0 aromatic rings. The lowest BCUT2D eigenvalue weighted by Crippen LogP contribution is -2.28. The second-order valence-electron chi connectivity index (χ2n) is 3.23. The quantitative estimate of drug-likeness (QED) is 0.467. The van der Waals surface area contributed by atoms with Gasteiger partial charge in [-0.1, -0.05) is 19.8 Å². The van der Waals surface area contributed by atoms with Crippen molar-refractivity contribution in [2.75, 3.05) is 6.79 Å². The summed E-state index contributed by atoms with van der Waals surface area (Å²) in [6.45, 7) is 3.52. The molecule has 0 amide bonds. The van der Waals surface area contributed by atoms with Crippen LogP contribution in [0.25, 0.3) is 0 Å². The molecule has 0 heterocycles. The maximum atomic E-state index is 9.74. The first-order chi connectivity index (χ1) is 5.83. The van der Waals surface area contributed by atoms with Crippen molar-refractivity contribution in [3.05, 3.63) is 0 Å². The van der Waals surface area contributed by atoms with E-state index in [1.54, 1.807) is 0 Å². The van der Waals surface area contributed by atoms with Crippen LogP contribution in [-0.2, 0) is 14.3 Å². The highest BCUT2D eigenvalue weighted by atomic mass is 16.7. The normalized spacial score (nSPS) is 20.8. The average Bonchev–Trinajstić information content (AvgIpc) is 2.55. The van der Waals surface area contributed by atoms with Crippen LogP contribution in [0.5, 0.6) is 0 Å². The van der Waals surface area contributed by atoms with Crippen molar-refractivity contribution in [1.29, 1.82) is 0 Å². The van der Waals surface area contributed by atoms with Gasteiger partial charge in [0.1, 0.15) is 0 Å². The highest BCUT2D eigenvalue weighted by molar-refractivity contribution is 5.37. The first-order valence-corrected chi connectivity index (χ1v) is 4.46. The van der Waals surface area contributed by atoms with E-state index >= 15 is 0 Å². The predicted molar refractivity (Wildman–Crippen MR) is 44.2 cm³/mol. The summed E-state index contributed by atoms with van der Waals surface area (Å²) in [6.07, 6.45) is 5.62. The fourth-order valence-corrected chi connectivity index (χ4v) is 1.80. The van der Waals surface area contributed by atoms with Crippen LogP contribution in [0, 0.1) is 0 Å². The molecule has 1 aliphatic rings. The minimum absolute atomic E-state index is 0.0170. The van der Waals surface area contributed by atoms with Crippen molar-refractivity contribution in [3.8, 4) is 0 Å². The molecule has 0 bridgehead atoms. The van der Waals surface area contributed by atoms with Crippen molar-refractivity contribution in [1.82, 2.24) is 0 Å². The summed E-state index contributed by atoms with van der Waals surface area (Å²) < 4.78 is 9.89. The molecular weight excluding hydrogens is 156 g/mol. The third kappa shape index (κ3) is 2.21. The second kappa shape index (κ2) is 4.45. The molecular formula is C9H15O3. The van der Waals surface area contributed by atoms with Gasteiger partial charge >= 0.3 is 6.47 Å². The zero-order chi connectivity index (χ0) is 8.86. The molecule has 12 heavy (non-hydrogen) atoms. The van der Waals surface area contributed by atoms with Gasteiger partial charge in [-0.15, -0.1) is 0 Å². The lowest BCUT2D eigenvalue weighted by molar-refractivity contribution is -0.109. The summed E-state index contributed by atoms with van der Waals surface area (Å²) >= 11 is 0. The van der Waals surface area contributed by atoms with E-state index < -0.39 is 0 Å². The Hall–Kier alpha value is -0.570. The molecule has 1 radical (unpaired) electrons. The maximum absolute atomic E-state index is 9.74. The Labute approximate surface area is 73.0 Å². The van der Waals surface area contributed by atoms with E-state index in [1.807, 2.05) is 0 Å². The lowest BCUT2D eigenvalue weighted by Gasteiger charge is -2.26. The van der Waals surface area contributed by atoms with Gasteiger partial charge < -0.3 is 9.47 Å². The molecule has 0 spiro atoms. The number of hydrogen-bond acceptors (Lipinski definition) is 3. The van der Waals surface area contributed by atoms with Crippen molar-refractivity contribution < 1.29 is 14.3 Å². The molecule has 3 heteroatoms. The number of carbonyl (C=O) groups excluding carboxylic acids is 1. The molecule has 0 unspecified atom stereocenters. The molecule has 0 aromatic carbocycles. The largest absolute Gasteiger partial charge is 0.430 e. The van der Waals surface area contributed by atoms with Crippen molar-refractivity contribution >= 4 is 6.47 Å². The second-order valence-corrected chi connectivity index (χ2v) is 3.23. The Morgan fingerprint density at radius 2 is 2.08 bits per heavy atom. The lowest BCUT2D eigenvalue weighted by atomic mass is 9.99. The molecule has 0 N–H and O–H groups in total. The van der Waals surface area contributed by atoms with Gasteiger partial charge in [0.15, 0.2) is 6.79 Å². The zero-order valence-electron chi connectivity index (χ0n) is 7.47. The number of ether oxygens (including phenoxy) is 2. The van der Waals surface area contributed by atoms with E-state index in [2.05, 4.69) is 11.7 Å². The first kappa shape index (κ1) is 9.52. The van der Waals surface area contributed by atoms with Crippen molar-refractivity contribution in [2.45, 2.75) is 44.6 Å². The van der Waals surface area contributed by atoms with E-state index in [0.29, 0.717) is 0 Å². The molecule has 1 saturated carbocycles. The highest BCUT2D eigenvalue weighted by Crippen LogP contribution is 2.35. The van der Waals surface area contributed by atoms with Crippen molar-refractivity contribution in [3.63, 3.8) is 0 Å². The van der Waals surface area contributed by atoms with E-state index in [0.717, 1.165) is 19.3 Å². The van der Waals surface area contributed by atoms with Crippen LogP contribution in [0.15, 0.2) is 0 Å². The van der Waals surface area contributed by atoms with Crippen LogP contribution >= 0.6 is 0 Å². The molecule has 1 fully saturated rings. The summed E-state index contributed by atoms with van der Waals surface area (Å²) in [5, 5.41) is 0. The van der Waals surface area contributed by atoms with Gasteiger partial charge in [0, 0.05) is 0 Å². The molecule has 0 saturated heterocycles. The fourth-order valence-electron chi connectivity index (χ4n) is 1.80. The Balaban J connectivity index is 2.28. The molecule has 1 rings (SSSR count). The maximum Gasteiger partial charge on any atom is 0.419 e. The third-order valence-corrected chi connectivity index (χ3v) is 2.64. The van der Waals surface area contributed by atoms with E-state index in [4.69, 9.17) is 4.74 Å². The van der Waals surface area contributed by atoms with Crippen molar-refractivity contribution in [2.24, 2.45) is 0 Å². The van der Waals surface area contributed by atoms with Crippen LogP contribution in [0.3, 0.4) is 0 Å². The van der Waals surface area contributed by atoms with E-state index in [9.17, 15) is 4.79 Å².